The summed E-state index contributed by atoms with van der Waals surface area (Å²) in [5.41, 5.74) is 4.59. The van der Waals surface area contributed by atoms with Gasteiger partial charge >= 0.3 is 0 Å². The third kappa shape index (κ3) is 3.48. The summed E-state index contributed by atoms with van der Waals surface area (Å²) in [5.74, 6) is 0.964. The van der Waals surface area contributed by atoms with Gasteiger partial charge in [0.25, 0.3) is 0 Å². The Labute approximate surface area is 148 Å². The van der Waals surface area contributed by atoms with E-state index in [-0.39, 0.29) is 0 Å². The van der Waals surface area contributed by atoms with E-state index in [9.17, 15) is 0 Å². The molecule has 1 aliphatic rings. The van der Waals surface area contributed by atoms with Gasteiger partial charge in [-0.2, -0.15) is 0 Å². The summed E-state index contributed by atoms with van der Waals surface area (Å²) in [6.07, 6.45) is 3.71. The van der Waals surface area contributed by atoms with Gasteiger partial charge in [-0.3, -0.25) is 4.98 Å². The fourth-order valence-corrected chi connectivity index (χ4v) is 3.20. The van der Waals surface area contributed by atoms with E-state index in [1.54, 1.807) is 0 Å². The third-order valence-corrected chi connectivity index (χ3v) is 4.69. The van der Waals surface area contributed by atoms with Gasteiger partial charge in [-0.05, 0) is 19.1 Å². The number of para-hydroxylation sites is 1. The standard InChI is InChI=1S/C21H22N4/c1-17-7-9-18(10-8-17)20-15-22-16-21(23-20)25-13-11-24(12-14-25)19-5-3-2-4-6-19/h2-10,15-16H,11-14H2,1H3. The zero-order chi connectivity index (χ0) is 17.1. The molecule has 0 radical (unpaired) electrons. The SMILES string of the molecule is Cc1ccc(-c2cncc(N3CCN(c4ccccc4)CC3)n2)cc1. The zero-order valence-electron chi connectivity index (χ0n) is 14.5. The Hall–Kier alpha value is -2.88. The fourth-order valence-electron chi connectivity index (χ4n) is 3.20. The van der Waals surface area contributed by atoms with Crippen LogP contribution >= 0.6 is 0 Å². The summed E-state index contributed by atoms with van der Waals surface area (Å²) in [6, 6.07) is 19.0. The molecule has 0 amide bonds. The predicted octanol–water partition coefficient (Wildman–Crippen LogP) is 3.78. The molecule has 0 unspecified atom stereocenters. The Morgan fingerprint density at radius 2 is 1.44 bits per heavy atom. The Bertz CT molecular complexity index is 822. The minimum atomic E-state index is 0.933. The van der Waals surface area contributed by atoms with Gasteiger partial charge in [0.15, 0.2) is 0 Å². The molecule has 4 nitrogen and oxygen atoms in total. The van der Waals surface area contributed by atoms with Crippen LogP contribution in [-0.2, 0) is 0 Å². The first-order valence-corrected chi connectivity index (χ1v) is 8.74. The Kier molecular flexibility index (Phi) is 4.34. The van der Waals surface area contributed by atoms with Crippen LogP contribution in [0.5, 0.6) is 0 Å². The normalized spacial score (nSPS) is 14.6. The molecule has 0 spiro atoms. The summed E-state index contributed by atoms with van der Waals surface area (Å²) in [4.78, 5) is 14.0. The second-order valence-electron chi connectivity index (χ2n) is 6.44. The molecule has 1 saturated heterocycles. The van der Waals surface area contributed by atoms with Crippen molar-refractivity contribution in [2.24, 2.45) is 0 Å². The first-order chi connectivity index (χ1) is 12.3. The van der Waals surface area contributed by atoms with Gasteiger partial charge in [0.05, 0.1) is 18.1 Å². The third-order valence-electron chi connectivity index (χ3n) is 4.69. The fraction of sp³-hybridized carbons (Fsp3) is 0.238. The number of aromatic nitrogens is 2. The molecule has 0 N–H and O–H groups in total. The number of piperazine rings is 1. The lowest BCUT2D eigenvalue weighted by Gasteiger charge is -2.36. The Balaban J connectivity index is 1.48. The maximum Gasteiger partial charge on any atom is 0.147 e. The highest BCUT2D eigenvalue weighted by Gasteiger charge is 2.18. The number of benzene rings is 2. The second-order valence-corrected chi connectivity index (χ2v) is 6.44. The highest BCUT2D eigenvalue weighted by atomic mass is 15.3. The van der Waals surface area contributed by atoms with Crippen molar-refractivity contribution < 1.29 is 0 Å². The topological polar surface area (TPSA) is 32.3 Å². The van der Waals surface area contributed by atoms with Crippen molar-refractivity contribution in [3.63, 3.8) is 0 Å². The highest BCUT2D eigenvalue weighted by Crippen LogP contribution is 2.22. The summed E-state index contributed by atoms with van der Waals surface area (Å²) in [5, 5.41) is 0. The van der Waals surface area contributed by atoms with Gasteiger partial charge in [0.1, 0.15) is 5.82 Å². The average Bonchev–Trinajstić information content (AvgIpc) is 2.69. The summed E-state index contributed by atoms with van der Waals surface area (Å²) < 4.78 is 0. The molecule has 25 heavy (non-hydrogen) atoms. The number of hydrogen-bond donors (Lipinski definition) is 0. The first-order valence-electron chi connectivity index (χ1n) is 8.74. The maximum absolute atomic E-state index is 4.84. The molecule has 2 aromatic carbocycles. The van der Waals surface area contributed by atoms with Crippen molar-refractivity contribution in [3.8, 4) is 11.3 Å². The monoisotopic (exact) mass is 330 g/mol. The van der Waals surface area contributed by atoms with Crippen LogP contribution in [0.1, 0.15) is 5.56 Å². The highest BCUT2D eigenvalue weighted by molar-refractivity contribution is 5.60. The van der Waals surface area contributed by atoms with E-state index in [2.05, 4.69) is 76.3 Å². The number of aryl methyl sites for hydroxylation is 1. The van der Waals surface area contributed by atoms with Crippen LogP contribution < -0.4 is 9.80 Å². The lowest BCUT2D eigenvalue weighted by Crippen LogP contribution is -2.46. The maximum atomic E-state index is 4.84. The number of rotatable bonds is 3. The van der Waals surface area contributed by atoms with Crippen molar-refractivity contribution >= 4 is 11.5 Å². The van der Waals surface area contributed by atoms with Gasteiger partial charge in [-0.1, -0.05) is 48.0 Å². The van der Waals surface area contributed by atoms with Gasteiger partial charge in [-0.25, -0.2) is 4.98 Å². The molecule has 0 atom stereocenters. The van der Waals surface area contributed by atoms with E-state index < -0.39 is 0 Å². The van der Waals surface area contributed by atoms with Crippen molar-refractivity contribution in [1.82, 2.24) is 9.97 Å². The van der Waals surface area contributed by atoms with Crippen molar-refractivity contribution in [1.29, 1.82) is 0 Å². The van der Waals surface area contributed by atoms with Gasteiger partial charge < -0.3 is 9.80 Å². The molecule has 0 bridgehead atoms. The molecule has 4 rings (SSSR count). The molecule has 4 heteroatoms. The van der Waals surface area contributed by atoms with E-state index in [1.165, 1.54) is 11.3 Å². The molecule has 0 saturated carbocycles. The molecule has 1 aliphatic heterocycles. The molecule has 3 aromatic rings. The van der Waals surface area contributed by atoms with Gasteiger partial charge in [-0.15, -0.1) is 0 Å². The van der Waals surface area contributed by atoms with Crippen LogP contribution in [0.15, 0.2) is 67.0 Å². The van der Waals surface area contributed by atoms with Crippen LogP contribution in [0.3, 0.4) is 0 Å². The van der Waals surface area contributed by atoms with Crippen LogP contribution in [-0.4, -0.2) is 36.1 Å². The Morgan fingerprint density at radius 1 is 0.760 bits per heavy atom. The first kappa shape index (κ1) is 15.6. The minimum absolute atomic E-state index is 0.933. The van der Waals surface area contributed by atoms with Crippen molar-refractivity contribution in [2.45, 2.75) is 6.92 Å². The molecule has 126 valence electrons. The number of anilines is 2. The van der Waals surface area contributed by atoms with Crippen molar-refractivity contribution in [2.75, 3.05) is 36.0 Å². The van der Waals surface area contributed by atoms with Crippen LogP contribution in [0, 0.1) is 6.92 Å². The summed E-state index contributed by atoms with van der Waals surface area (Å²) >= 11 is 0. The molecular weight excluding hydrogens is 308 g/mol. The van der Waals surface area contributed by atoms with Crippen LogP contribution in [0.2, 0.25) is 0 Å². The summed E-state index contributed by atoms with van der Waals surface area (Å²) in [7, 11) is 0. The minimum Gasteiger partial charge on any atom is -0.368 e. The van der Waals surface area contributed by atoms with E-state index in [0.717, 1.165) is 43.3 Å². The molecular formula is C21H22N4. The average molecular weight is 330 g/mol. The summed E-state index contributed by atoms with van der Waals surface area (Å²) in [6.45, 7) is 6.01. The largest absolute Gasteiger partial charge is 0.368 e. The predicted molar refractivity (Wildman–Crippen MR) is 103 cm³/mol. The van der Waals surface area contributed by atoms with Crippen molar-refractivity contribution in [3.05, 3.63) is 72.6 Å². The van der Waals surface area contributed by atoms with Crippen LogP contribution in [0.4, 0.5) is 11.5 Å². The quantitative estimate of drug-likeness (QED) is 0.731. The van der Waals surface area contributed by atoms with Gasteiger partial charge in [0, 0.05) is 37.4 Å². The van der Waals surface area contributed by atoms with Crippen LogP contribution in [0.25, 0.3) is 11.3 Å². The number of hydrogen-bond acceptors (Lipinski definition) is 4. The molecule has 1 fully saturated rings. The van der Waals surface area contributed by atoms with E-state index >= 15 is 0 Å². The van der Waals surface area contributed by atoms with E-state index in [0.29, 0.717) is 0 Å². The van der Waals surface area contributed by atoms with E-state index in [1.807, 2.05) is 12.4 Å². The lowest BCUT2D eigenvalue weighted by molar-refractivity contribution is 0.646. The molecule has 1 aromatic heterocycles. The molecule has 2 heterocycles. The zero-order valence-corrected chi connectivity index (χ0v) is 14.5. The Morgan fingerprint density at radius 3 is 2.16 bits per heavy atom. The number of nitrogens with zero attached hydrogens (tertiary/aromatic N) is 4. The van der Waals surface area contributed by atoms with E-state index in [4.69, 9.17) is 4.98 Å². The second kappa shape index (κ2) is 6.93. The van der Waals surface area contributed by atoms with Gasteiger partial charge in [0.2, 0.25) is 0 Å². The smallest absolute Gasteiger partial charge is 0.147 e. The lowest BCUT2D eigenvalue weighted by atomic mass is 10.1. The molecule has 0 aliphatic carbocycles.